The van der Waals surface area contributed by atoms with E-state index in [0.29, 0.717) is 24.4 Å². The number of pyridine rings is 1. The Morgan fingerprint density at radius 2 is 1.45 bits per heavy atom. The molecule has 0 aliphatic heterocycles. The third kappa shape index (κ3) is 9.85. The third-order valence-corrected chi connectivity index (χ3v) is 4.75. The summed E-state index contributed by atoms with van der Waals surface area (Å²) in [6.07, 6.45) is 3.51. The molecule has 0 saturated heterocycles. The van der Waals surface area contributed by atoms with E-state index in [1.54, 1.807) is 0 Å². The number of aromatic nitrogens is 5. The Morgan fingerprint density at radius 3 is 1.95 bits per heavy atom. The van der Waals surface area contributed by atoms with Crippen molar-refractivity contribution < 1.29 is 25.9 Å². The molecule has 0 saturated carbocycles. The molecule has 4 N–H and O–H groups in total. The van der Waals surface area contributed by atoms with Gasteiger partial charge in [-0.1, -0.05) is 44.2 Å². The minimum atomic E-state index is -3.67. The molecular weight excluding hydrogens is 532 g/mol. The Hall–Kier alpha value is -3.33. The van der Waals surface area contributed by atoms with E-state index < -0.39 is 20.2 Å². The first-order valence-corrected chi connectivity index (χ1v) is 15.3. The molecule has 0 unspecified atom stereocenters. The highest BCUT2D eigenvalue weighted by atomic mass is 32.2. The van der Waals surface area contributed by atoms with Crippen LogP contribution >= 0.6 is 0 Å². The van der Waals surface area contributed by atoms with E-state index in [2.05, 4.69) is 51.0 Å². The molecule has 1 aromatic carbocycles. The number of nitrogen functional groups attached to an aromatic ring is 1. The monoisotopic (exact) mass is 566 g/mol. The second-order valence-corrected chi connectivity index (χ2v) is 12.2. The lowest BCUT2D eigenvalue weighted by Crippen LogP contribution is -2.08. The lowest BCUT2D eigenvalue weighted by atomic mass is 10.1. The highest BCUT2D eigenvalue weighted by molar-refractivity contribution is 7.85. The maximum Gasteiger partial charge on any atom is 0.261 e. The molecule has 4 aromatic rings. The number of rotatable bonds is 5. The van der Waals surface area contributed by atoms with E-state index in [0.717, 1.165) is 40.2 Å². The number of hydrogen-bond acceptors (Lipinski definition) is 8. The Labute approximate surface area is 223 Å². The summed E-state index contributed by atoms with van der Waals surface area (Å²) in [7, 11) is -7.33. The van der Waals surface area contributed by atoms with Gasteiger partial charge in [0.25, 0.3) is 20.2 Å². The predicted octanol–water partition coefficient (Wildman–Crippen LogP) is 3.79. The van der Waals surface area contributed by atoms with Gasteiger partial charge in [-0.2, -0.15) is 21.9 Å². The van der Waals surface area contributed by atoms with Gasteiger partial charge in [0.05, 0.1) is 18.2 Å². The van der Waals surface area contributed by atoms with Crippen LogP contribution in [0.4, 0.5) is 5.95 Å². The van der Waals surface area contributed by atoms with Crippen LogP contribution in [0.5, 0.6) is 0 Å². The van der Waals surface area contributed by atoms with Crippen LogP contribution in [0.25, 0.3) is 33.7 Å². The summed E-state index contributed by atoms with van der Waals surface area (Å²) in [4.78, 5) is 9.42. The van der Waals surface area contributed by atoms with Crippen LogP contribution in [-0.4, -0.2) is 62.8 Å². The van der Waals surface area contributed by atoms with E-state index in [1.165, 1.54) is 0 Å². The van der Waals surface area contributed by atoms with E-state index in [9.17, 15) is 16.8 Å². The fraction of sp³-hybridized carbons (Fsp3) is 0.375. The number of hydrogen-bond donors (Lipinski definition) is 3. The number of anilines is 1. The second kappa shape index (κ2) is 12.5. The number of nitrogens with zero attached hydrogens (tertiary/aromatic N) is 5. The Balaban J connectivity index is 0.000000435. The zero-order valence-electron chi connectivity index (χ0n) is 22.1. The van der Waals surface area contributed by atoms with Crippen molar-refractivity contribution >= 4 is 37.3 Å². The molecule has 0 amide bonds. The maximum absolute atomic E-state index is 9.19. The third-order valence-electron chi connectivity index (χ3n) is 4.75. The zero-order valence-corrected chi connectivity index (χ0v) is 23.8. The summed E-state index contributed by atoms with van der Waals surface area (Å²) < 4.78 is 55.7. The van der Waals surface area contributed by atoms with Gasteiger partial charge in [-0.15, -0.1) is 0 Å². The summed E-state index contributed by atoms with van der Waals surface area (Å²) in [6, 6.07) is 14.5. The minimum absolute atomic E-state index is 0.266. The molecule has 14 heteroatoms. The van der Waals surface area contributed by atoms with E-state index in [-0.39, 0.29) is 6.04 Å². The molecule has 12 nitrogen and oxygen atoms in total. The summed E-state index contributed by atoms with van der Waals surface area (Å²) in [5.41, 5.74) is 11.7. The lowest BCUT2D eigenvalue weighted by Gasteiger charge is -2.09. The van der Waals surface area contributed by atoms with Crippen molar-refractivity contribution in [3.05, 3.63) is 48.7 Å². The number of fused-ring (bicyclic) bond motifs is 1. The van der Waals surface area contributed by atoms with Crippen LogP contribution in [-0.2, 0) is 26.8 Å². The summed E-state index contributed by atoms with van der Waals surface area (Å²) in [6.45, 7) is 9.36. The van der Waals surface area contributed by atoms with E-state index >= 15 is 0 Å². The molecule has 208 valence electrons. The van der Waals surface area contributed by atoms with Crippen molar-refractivity contribution in [1.29, 1.82) is 0 Å². The van der Waals surface area contributed by atoms with Crippen LogP contribution in [0.2, 0.25) is 0 Å². The quantitative estimate of drug-likeness (QED) is 0.300. The summed E-state index contributed by atoms with van der Waals surface area (Å²) in [5, 5.41) is 4.84. The fourth-order valence-corrected chi connectivity index (χ4v) is 3.37. The van der Waals surface area contributed by atoms with Crippen LogP contribution in [0.3, 0.4) is 0 Å². The first-order chi connectivity index (χ1) is 17.4. The fourth-order valence-electron chi connectivity index (χ4n) is 3.37. The molecule has 3 heterocycles. The average molecular weight is 567 g/mol. The normalized spacial score (nSPS) is 11.7. The van der Waals surface area contributed by atoms with Crippen molar-refractivity contribution in [1.82, 2.24) is 24.3 Å². The van der Waals surface area contributed by atoms with Gasteiger partial charge in [0.15, 0.2) is 5.65 Å². The highest BCUT2D eigenvalue weighted by Gasteiger charge is 2.18. The van der Waals surface area contributed by atoms with Crippen LogP contribution in [0.1, 0.15) is 33.7 Å². The molecule has 0 bridgehead atoms. The Bertz CT molecular complexity index is 1530. The van der Waals surface area contributed by atoms with Crippen molar-refractivity contribution in [2.45, 2.75) is 40.3 Å². The molecule has 3 aromatic heterocycles. The van der Waals surface area contributed by atoms with Gasteiger partial charge < -0.3 is 5.73 Å². The molecule has 0 spiro atoms. The van der Waals surface area contributed by atoms with Crippen molar-refractivity contribution in [3.8, 4) is 22.5 Å². The predicted molar refractivity (Wildman–Crippen MR) is 149 cm³/mol. The van der Waals surface area contributed by atoms with Crippen LogP contribution in [0.15, 0.2) is 48.7 Å². The van der Waals surface area contributed by atoms with Crippen LogP contribution in [0, 0.1) is 5.92 Å². The largest absolute Gasteiger partial charge is 0.369 e. The van der Waals surface area contributed by atoms with Gasteiger partial charge in [-0.3, -0.25) is 18.4 Å². The maximum atomic E-state index is 9.19. The topological polar surface area (TPSA) is 183 Å². The van der Waals surface area contributed by atoms with Gasteiger partial charge >= 0.3 is 0 Å². The average Bonchev–Trinajstić information content (AvgIpc) is 3.34. The molecule has 0 aliphatic carbocycles. The van der Waals surface area contributed by atoms with Crippen molar-refractivity contribution in [2.24, 2.45) is 5.92 Å². The first kappa shape index (κ1) is 30.9. The SMILES string of the molecule is CC(C)Cn1c(N)nc2ccc(-c3cn(C(C)C)nc3-c3ccccc3)nc21.CS(=O)(=O)O.CS(=O)(=O)O. The second-order valence-electron chi connectivity index (χ2n) is 9.31. The van der Waals surface area contributed by atoms with E-state index in [4.69, 9.17) is 24.9 Å². The van der Waals surface area contributed by atoms with Gasteiger partial charge in [-0.25, -0.2) is 9.97 Å². The standard InChI is InChI=1S/C22H26N6.2CH4O3S/c1-14(2)12-27-21-19(25-22(27)23)11-10-18(24-21)17-13-28(15(3)4)26-20(17)16-8-6-5-7-9-16;2*1-5(2,3)4/h5-11,13-15H,12H2,1-4H3,(H2,23,25);2*1H3,(H,2,3,4). The van der Waals surface area contributed by atoms with Crippen LogP contribution < -0.4 is 5.73 Å². The number of nitrogens with two attached hydrogens (primary N) is 1. The minimum Gasteiger partial charge on any atom is -0.369 e. The van der Waals surface area contributed by atoms with Gasteiger partial charge in [0.1, 0.15) is 11.2 Å². The Morgan fingerprint density at radius 1 is 0.895 bits per heavy atom. The lowest BCUT2D eigenvalue weighted by molar-refractivity contribution is 0.488. The Kier molecular flexibility index (Phi) is 10.1. The smallest absolute Gasteiger partial charge is 0.261 e. The van der Waals surface area contributed by atoms with Crippen molar-refractivity contribution in [2.75, 3.05) is 18.2 Å². The molecule has 38 heavy (non-hydrogen) atoms. The molecule has 0 aliphatic rings. The summed E-state index contributed by atoms with van der Waals surface area (Å²) in [5.74, 6) is 0.961. The van der Waals surface area contributed by atoms with Gasteiger partial charge in [-0.05, 0) is 31.9 Å². The number of imidazole rings is 1. The zero-order chi connectivity index (χ0) is 28.8. The first-order valence-electron chi connectivity index (χ1n) is 11.6. The van der Waals surface area contributed by atoms with Gasteiger partial charge in [0, 0.05) is 29.9 Å². The molecule has 0 atom stereocenters. The molecule has 0 fully saturated rings. The number of benzene rings is 1. The van der Waals surface area contributed by atoms with E-state index in [1.807, 2.05) is 39.6 Å². The summed E-state index contributed by atoms with van der Waals surface area (Å²) >= 11 is 0. The highest BCUT2D eigenvalue weighted by Crippen LogP contribution is 2.32. The molecule has 0 radical (unpaired) electrons. The molecule has 4 rings (SSSR count). The van der Waals surface area contributed by atoms with Crippen molar-refractivity contribution in [3.63, 3.8) is 0 Å². The van der Waals surface area contributed by atoms with Gasteiger partial charge in [0.2, 0.25) is 5.95 Å². The molecular formula is C24H34N6O6S2.